The Morgan fingerprint density at radius 2 is 1.58 bits per heavy atom. The fourth-order valence-corrected chi connectivity index (χ4v) is 4.00. The van der Waals surface area contributed by atoms with E-state index in [0.29, 0.717) is 34.9 Å². The van der Waals surface area contributed by atoms with Crippen molar-refractivity contribution in [2.75, 3.05) is 19.0 Å². The standard InChI is InChI=1S/C31H29N3O4/c1-37-29-18-25(14-17-28(29)38-21-23-8-4-2-5-9-23)30(33-26-15-12-22(19-32)13-16-26)31(36)34-27(20-35)24-10-6-3-7-11-24/h2-18,27,30,33,35H,20-21H2,1H3,(H,34,36)/t27-,30-/m1/s1. The van der Waals surface area contributed by atoms with Crippen LogP contribution in [0.2, 0.25) is 0 Å². The largest absolute Gasteiger partial charge is 0.493 e. The van der Waals surface area contributed by atoms with Crippen molar-refractivity contribution in [1.29, 1.82) is 5.26 Å². The summed E-state index contributed by atoms with van der Waals surface area (Å²) < 4.78 is 11.6. The molecule has 0 aromatic heterocycles. The Kier molecular flexibility index (Phi) is 8.95. The van der Waals surface area contributed by atoms with E-state index in [2.05, 4.69) is 16.7 Å². The lowest BCUT2D eigenvalue weighted by Crippen LogP contribution is -2.37. The summed E-state index contributed by atoms with van der Waals surface area (Å²) in [6.07, 6.45) is 0. The van der Waals surface area contributed by atoms with Crippen LogP contribution < -0.4 is 20.1 Å². The van der Waals surface area contributed by atoms with Crippen molar-refractivity contribution in [3.05, 3.63) is 125 Å². The van der Waals surface area contributed by atoms with Gasteiger partial charge in [-0.05, 0) is 53.1 Å². The van der Waals surface area contributed by atoms with Crippen molar-refractivity contribution in [2.24, 2.45) is 0 Å². The summed E-state index contributed by atoms with van der Waals surface area (Å²) in [6, 6.07) is 32.0. The number of carbonyl (C=O) groups excluding carboxylic acids is 1. The topological polar surface area (TPSA) is 104 Å². The average Bonchev–Trinajstić information content (AvgIpc) is 2.98. The zero-order valence-electron chi connectivity index (χ0n) is 21.0. The summed E-state index contributed by atoms with van der Waals surface area (Å²) in [5, 5.41) is 25.3. The van der Waals surface area contributed by atoms with Crippen molar-refractivity contribution >= 4 is 11.6 Å². The smallest absolute Gasteiger partial charge is 0.247 e. The molecule has 192 valence electrons. The molecule has 0 spiro atoms. The van der Waals surface area contributed by atoms with Gasteiger partial charge in [0.15, 0.2) is 11.5 Å². The second kappa shape index (κ2) is 12.9. The first-order valence-electron chi connectivity index (χ1n) is 12.2. The number of nitrogens with zero attached hydrogens (tertiary/aromatic N) is 1. The van der Waals surface area contributed by atoms with Gasteiger partial charge in [0.2, 0.25) is 5.91 Å². The van der Waals surface area contributed by atoms with Crippen LogP contribution in [0.3, 0.4) is 0 Å². The Hall–Kier alpha value is -4.80. The number of aliphatic hydroxyl groups excluding tert-OH is 1. The Morgan fingerprint density at radius 1 is 0.895 bits per heavy atom. The number of ether oxygens (including phenoxy) is 2. The highest BCUT2D eigenvalue weighted by Gasteiger charge is 2.25. The zero-order valence-corrected chi connectivity index (χ0v) is 21.0. The number of aliphatic hydroxyl groups is 1. The number of hydrogen-bond donors (Lipinski definition) is 3. The molecule has 0 unspecified atom stereocenters. The van der Waals surface area contributed by atoms with E-state index in [1.165, 1.54) is 0 Å². The molecule has 7 nitrogen and oxygen atoms in total. The van der Waals surface area contributed by atoms with Crippen molar-refractivity contribution in [2.45, 2.75) is 18.7 Å². The van der Waals surface area contributed by atoms with E-state index in [4.69, 9.17) is 14.7 Å². The van der Waals surface area contributed by atoms with Gasteiger partial charge in [-0.25, -0.2) is 0 Å². The first-order valence-corrected chi connectivity index (χ1v) is 12.2. The lowest BCUT2D eigenvalue weighted by atomic mass is 10.0. The number of nitriles is 1. The highest BCUT2D eigenvalue weighted by atomic mass is 16.5. The van der Waals surface area contributed by atoms with Crippen LogP contribution in [0.1, 0.15) is 34.3 Å². The summed E-state index contributed by atoms with van der Waals surface area (Å²) in [4.78, 5) is 13.6. The summed E-state index contributed by atoms with van der Waals surface area (Å²) in [6.45, 7) is 0.119. The van der Waals surface area contributed by atoms with E-state index < -0.39 is 12.1 Å². The maximum absolute atomic E-state index is 13.6. The van der Waals surface area contributed by atoms with E-state index in [1.54, 1.807) is 49.6 Å². The minimum Gasteiger partial charge on any atom is -0.493 e. The van der Waals surface area contributed by atoms with Crippen LogP contribution >= 0.6 is 0 Å². The van der Waals surface area contributed by atoms with Crippen molar-refractivity contribution < 1.29 is 19.4 Å². The minimum atomic E-state index is -0.822. The molecule has 0 fully saturated rings. The van der Waals surface area contributed by atoms with Crippen LogP contribution in [0.15, 0.2) is 103 Å². The van der Waals surface area contributed by atoms with E-state index in [-0.39, 0.29) is 12.5 Å². The molecular weight excluding hydrogens is 478 g/mol. The quantitative estimate of drug-likeness (QED) is 0.259. The number of methoxy groups -OCH3 is 1. The number of rotatable bonds is 11. The van der Waals surface area contributed by atoms with Crippen molar-refractivity contribution in [1.82, 2.24) is 5.32 Å². The molecule has 0 bridgehead atoms. The molecule has 0 heterocycles. The molecule has 0 radical (unpaired) electrons. The van der Waals surface area contributed by atoms with E-state index in [9.17, 15) is 9.90 Å². The number of benzene rings is 4. The zero-order chi connectivity index (χ0) is 26.7. The van der Waals surface area contributed by atoms with Crippen molar-refractivity contribution in [3.63, 3.8) is 0 Å². The summed E-state index contributed by atoms with van der Waals surface area (Å²) >= 11 is 0. The van der Waals surface area contributed by atoms with Gasteiger partial charge in [0.1, 0.15) is 12.6 Å². The molecule has 0 aliphatic carbocycles. The highest BCUT2D eigenvalue weighted by molar-refractivity contribution is 5.86. The van der Waals surface area contributed by atoms with Crippen molar-refractivity contribution in [3.8, 4) is 17.6 Å². The summed E-state index contributed by atoms with van der Waals surface area (Å²) in [5.41, 5.74) is 3.63. The molecule has 3 N–H and O–H groups in total. The Bertz CT molecular complexity index is 1370. The van der Waals surface area contributed by atoms with Gasteiger partial charge in [0, 0.05) is 5.69 Å². The third kappa shape index (κ3) is 6.69. The first kappa shape index (κ1) is 26.3. The summed E-state index contributed by atoms with van der Waals surface area (Å²) in [7, 11) is 1.55. The Labute approximate surface area is 222 Å². The number of hydrogen-bond acceptors (Lipinski definition) is 6. The van der Waals surface area contributed by atoms with Gasteiger partial charge in [-0.15, -0.1) is 0 Å². The van der Waals surface area contributed by atoms with Gasteiger partial charge in [-0.1, -0.05) is 66.7 Å². The monoisotopic (exact) mass is 507 g/mol. The van der Waals surface area contributed by atoms with Crippen LogP contribution in [-0.2, 0) is 11.4 Å². The third-order valence-corrected chi connectivity index (χ3v) is 6.05. The normalized spacial score (nSPS) is 12.0. The van der Waals surface area contributed by atoms with Crippen LogP contribution in [0, 0.1) is 11.3 Å². The molecule has 0 saturated carbocycles. The molecular formula is C31H29N3O4. The number of nitrogens with one attached hydrogen (secondary N) is 2. The predicted molar refractivity (Wildman–Crippen MR) is 146 cm³/mol. The second-order valence-corrected chi connectivity index (χ2v) is 8.61. The molecule has 2 atom stereocenters. The molecule has 38 heavy (non-hydrogen) atoms. The minimum absolute atomic E-state index is 0.255. The highest BCUT2D eigenvalue weighted by Crippen LogP contribution is 2.33. The molecule has 1 amide bonds. The second-order valence-electron chi connectivity index (χ2n) is 8.61. The average molecular weight is 508 g/mol. The molecule has 0 saturated heterocycles. The van der Waals surface area contributed by atoms with Crippen LogP contribution in [0.25, 0.3) is 0 Å². The van der Waals surface area contributed by atoms with E-state index in [1.807, 2.05) is 60.7 Å². The van der Waals surface area contributed by atoms with Crippen LogP contribution in [-0.4, -0.2) is 24.7 Å². The fourth-order valence-electron chi connectivity index (χ4n) is 4.00. The fraction of sp³-hybridized carbons (Fsp3) is 0.161. The molecule has 4 aromatic rings. The van der Waals surface area contributed by atoms with E-state index in [0.717, 1.165) is 11.1 Å². The number of carbonyl (C=O) groups is 1. The lowest BCUT2D eigenvalue weighted by molar-refractivity contribution is -0.123. The maximum Gasteiger partial charge on any atom is 0.247 e. The van der Waals surface area contributed by atoms with Gasteiger partial charge in [-0.3, -0.25) is 4.79 Å². The lowest BCUT2D eigenvalue weighted by Gasteiger charge is -2.24. The third-order valence-electron chi connectivity index (χ3n) is 6.05. The number of amides is 1. The van der Waals surface area contributed by atoms with E-state index >= 15 is 0 Å². The van der Waals surface area contributed by atoms with Crippen LogP contribution in [0.5, 0.6) is 11.5 Å². The van der Waals surface area contributed by atoms with Gasteiger partial charge < -0.3 is 25.2 Å². The van der Waals surface area contributed by atoms with Gasteiger partial charge in [0.25, 0.3) is 0 Å². The van der Waals surface area contributed by atoms with Gasteiger partial charge in [0.05, 0.1) is 31.4 Å². The summed E-state index contributed by atoms with van der Waals surface area (Å²) in [5.74, 6) is 0.701. The molecule has 0 aliphatic heterocycles. The molecule has 4 aromatic carbocycles. The Balaban J connectivity index is 1.61. The molecule has 7 heteroatoms. The molecule has 0 aliphatic rings. The van der Waals surface area contributed by atoms with Gasteiger partial charge in [-0.2, -0.15) is 5.26 Å². The number of anilines is 1. The first-order chi connectivity index (χ1) is 18.6. The van der Waals surface area contributed by atoms with Gasteiger partial charge >= 0.3 is 0 Å². The Morgan fingerprint density at radius 3 is 2.21 bits per heavy atom. The van der Waals surface area contributed by atoms with Crippen LogP contribution in [0.4, 0.5) is 5.69 Å². The predicted octanol–water partition coefficient (Wildman–Crippen LogP) is 5.15. The maximum atomic E-state index is 13.6. The SMILES string of the molecule is COc1cc([C@@H](Nc2ccc(C#N)cc2)C(=O)N[C@H](CO)c2ccccc2)ccc1OCc1ccccc1. The molecule has 4 rings (SSSR count).